The highest BCUT2D eigenvalue weighted by molar-refractivity contribution is 6.31. The molecule has 0 unspecified atom stereocenters. The Morgan fingerprint density at radius 2 is 1.70 bits per heavy atom. The summed E-state index contributed by atoms with van der Waals surface area (Å²) in [6.07, 6.45) is 1.91. The summed E-state index contributed by atoms with van der Waals surface area (Å²) in [6.45, 7) is 4.09. The van der Waals surface area contributed by atoms with Crippen LogP contribution in [-0.4, -0.2) is 21.9 Å². The molecule has 0 atom stereocenters. The van der Waals surface area contributed by atoms with Crippen LogP contribution in [0.2, 0.25) is 5.02 Å². The molecule has 2 heterocycles. The van der Waals surface area contributed by atoms with Crippen molar-refractivity contribution in [2.45, 2.75) is 13.8 Å². The Balaban J connectivity index is 1.86. The van der Waals surface area contributed by atoms with Crippen molar-refractivity contribution < 1.29 is 4.74 Å². The first-order valence-electron chi connectivity index (χ1n) is 9.74. The number of fused-ring (bicyclic) bond motifs is 3. The van der Waals surface area contributed by atoms with Crippen LogP contribution >= 0.6 is 11.6 Å². The number of rotatable bonds is 3. The van der Waals surface area contributed by atoms with Crippen LogP contribution in [0, 0.1) is 13.8 Å². The summed E-state index contributed by atoms with van der Waals surface area (Å²) in [5.41, 5.74) is 6.98. The van der Waals surface area contributed by atoms with E-state index in [1.54, 1.807) is 7.11 Å². The molecule has 0 spiro atoms. The van der Waals surface area contributed by atoms with Gasteiger partial charge in [-0.2, -0.15) is 5.10 Å². The van der Waals surface area contributed by atoms with Crippen LogP contribution in [0.4, 0.5) is 0 Å². The minimum Gasteiger partial charge on any atom is -0.497 e. The van der Waals surface area contributed by atoms with Crippen molar-refractivity contribution in [3.05, 3.63) is 83.0 Å². The Bertz CT molecular complexity index is 1400. The lowest BCUT2D eigenvalue weighted by Gasteiger charge is -2.08. The van der Waals surface area contributed by atoms with Gasteiger partial charge in [-0.3, -0.25) is 4.98 Å². The average Bonchev–Trinajstić information content (AvgIpc) is 3.16. The monoisotopic (exact) mass is 413 g/mol. The first-order valence-corrected chi connectivity index (χ1v) is 10.1. The maximum Gasteiger partial charge on any atom is 0.118 e. The lowest BCUT2D eigenvalue weighted by Crippen LogP contribution is -1.98. The van der Waals surface area contributed by atoms with Gasteiger partial charge in [-0.05, 0) is 67.9 Å². The molecule has 0 radical (unpaired) electrons. The zero-order valence-electron chi connectivity index (χ0n) is 17.0. The number of pyridine rings is 1. The number of hydrogen-bond donors (Lipinski definition) is 0. The van der Waals surface area contributed by atoms with Crippen molar-refractivity contribution in [3.8, 4) is 22.7 Å². The van der Waals surface area contributed by atoms with Gasteiger partial charge in [-0.25, -0.2) is 4.68 Å². The molecule has 2 aromatic heterocycles. The van der Waals surface area contributed by atoms with Crippen LogP contribution in [-0.2, 0) is 0 Å². The highest BCUT2D eigenvalue weighted by Gasteiger charge is 2.17. The SMILES string of the molecule is COc1ccc(-c2nn(-c3ccc(C)c(Cl)c3)c3c2cnc2ccc(C)cc23)cc1. The average molecular weight is 414 g/mol. The number of ether oxygens (including phenoxy) is 1. The van der Waals surface area contributed by atoms with Crippen LogP contribution in [0.25, 0.3) is 38.8 Å². The van der Waals surface area contributed by atoms with Crippen molar-refractivity contribution in [1.29, 1.82) is 0 Å². The summed E-state index contributed by atoms with van der Waals surface area (Å²) in [4.78, 5) is 4.70. The normalized spacial score (nSPS) is 11.3. The number of methoxy groups -OCH3 is 1. The Morgan fingerprint density at radius 3 is 2.43 bits per heavy atom. The van der Waals surface area contributed by atoms with Gasteiger partial charge in [0.25, 0.3) is 0 Å². The van der Waals surface area contributed by atoms with Gasteiger partial charge in [0.15, 0.2) is 0 Å². The predicted octanol–water partition coefficient (Wildman–Crippen LogP) is 6.52. The van der Waals surface area contributed by atoms with E-state index in [1.165, 1.54) is 5.56 Å². The smallest absolute Gasteiger partial charge is 0.118 e. The second-order valence-electron chi connectivity index (χ2n) is 7.46. The molecular formula is C25H20ClN3O. The first-order chi connectivity index (χ1) is 14.5. The third-order valence-electron chi connectivity index (χ3n) is 5.43. The van der Waals surface area contributed by atoms with E-state index >= 15 is 0 Å². The Hall–Kier alpha value is -3.37. The topological polar surface area (TPSA) is 39.9 Å². The fourth-order valence-corrected chi connectivity index (χ4v) is 3.94. The third kappa shape index (κ3) is 3.01. The highest BCUT2D eigenvalue weighted by atomic mass is 35.5. The Morgan fingerprint density at radius 1 is 0.900 bits per heavy atom. The summed E-state index contributed by atoms with van der Waals surface area (Å²) in [6, 6.07) is 20.3. The van der Waals surface area contributed by atoms with Gasteiger partial charge in [0.05, 0.1) is 23.8 Å². The summed E-state index contributed by atoms with van der Waals surface area (Å²) < 4.78 is 7.29. The maximum absolute atomic E-state index is 6.45. The quantitative estimate of drug-likeness (QED) is 0.338. The van der Waals surface area contributed by atoms with Crippen LogP contribution in [0.5, 0.6) is 5.75 Å². The molecule has 4 nitrogen and oxygen atoms in total. The van der Waals surface area contributed by atoms with E-state index in [1.807, 2.05) is 60.3 Å². The molecule has 0 fully saturated rings. The zero-order valence-corrected chi connectivity index (χ0v) is 17.7. The second kappa shape index (κ2) is 7.15. The summed E-state index contributed by atoms with van der Waals surface area (Å²) >= 11 is 6.45. The van der Waals surface area contributed by atoms with Crippen LogP contribution in [0.3, 0.4) is 0 Å². The molecule has 148 valence electrons. The predicted molar refractivity (Wildman–Crippen MR) is 123 cm³/mol. The number of benzene rings is 3. The largest absolute Gasteiger partial charge is 0.497 e. The van der Waals surface area contributed by atoms with E-state index in [2.05, 4.69) is 25.1 Å². The van der Waals surface area contributed by atoms with E-state index in [9.17, 15) is 0 Å². The summed E-state index contributed by atoms with van der Waals surface area (Å²) in [7, 11) is 1.67. The molecular weight excluding hydrogens is 394 g/mol. The van der Waals surface area contributed by atoms with Crippen molar-refractivity contribution in [3.63, 3.8) is 0 Å². The fraction of sp³-hybridized carbons (Fsp3) is 0.120. The summed E-state index contributed by atoms with van der Waals surface area (Å²) in [5, 5.41) is 7.79. The van der Waals surface area contributed by atoms with E-state index in [0.717, 1.165) is 55.1 Å². The van der Waals surface area contributed by atoms with Crippen molar-refractivity contribution in [2.24, 2.45) is 0 Å². The van der Waals surface area contributed by atoms with Gasteiger partial charge < -0.3 is 4.74 Å². The molecule has 0 bridgehead atoms. The van der Waals surface area contributed by atoms with Crippen molar-refractivity contribution in [2.75, 3.05) is 7.11 Å². The standard InChI is InChI=1S/C25H20ClN3O/c1-15-4-11-23-20(12-15)25-21(14-27-23)24(17-6-9-19(30-3)10-7-17)28-29(25)18-8-5-16(2)22(26)13-18/h4-14H,1-3H3. The van der Waals surface area contributed by atoms with Gasteiger partial charge in [0.2, 0.25) is 0 Å². The molecule has 5 rings (SSSR count). The molecule has 0 N–H and O–H groups in total. The number of nitrogens with zero attached hydrogens (tertiary/aromatic N) is 3. The van der Waals surface area contributed by atoms with Crippen molar-refractivity contribution in [1.82, 2.24) is 14.8 Å². The number of aryl methyl sites for hydroxylation is 2. The minimum absolute atomic E-state index is 0.719. The van der Waals surface area contributed by atoms with Crippen LogP contribution in [0.15, 0.2) is 66.9 Å². The second-order valence-corrected chi connectivity index (χ2v) is 7.87. The Labute approximate surface area is 179 Å². The van der Waals surface area contributed by atoms with E-state index in [4.69, 9.17) is 26.4 Å². The third-order valence-corrected chi connectivity index (χ3v) is 5.83. The van der Waals surface area contributed by atoms with E-state index in [-0.39, 0.29) is 0 Å². The lowest BCUT2D eigenvalue weighted by molar-refractivity contribution is 0.415. The molecule has 0 aliphatic rings. The molecule has 5 heteroatoms. The van der Waals surface area contributed by atoms with Gasteiger partial charge in [0.1, 0.15) is 11.4 Å². The van der Waals surface area contributed by atoms with Gasteiger partial charge >= 0.3 is 0 Å². The molecule has 0 saturated carbocycles. The Kier molecular flexibility index (Phi) is 4.44. The number of hydrogen-bond acceptors (Lipinski definition) is 3. The van der Waals surface area contributed by atoms with E-state index in [0.29, 0.717) is 0 Å². The van der Waals surface area contributed by atoms with Crippen LogP contribution < -0.4 is 4.74 Å². The highest BCUT2D eigenvalue weighted by Crippen LogP contribution is 2.35. The van der Waals surface area contributed by atoms with Gasteiger partial charge in [-0.1, -0.05) is 29.3 Å². The molecule has 5 aromatic rings. The first kappa shape index (κ1) is 18.6. The number of aromatic nitrogens is 3. The van der Waals surface area contributed by atoms with E-state index < -0.39 is 0 Å². The maximum atomic E-state index is 6.45. The van der Waals surface area contributed by atoms with Gasteiger partial charge in [0, 0.05) is 27.6 Å². The zero-order chi connectivity index (χ0) is 20.8. The fourth-order valence-electron chi connectivity index (χ4n) is 3.76. The molecule has 0 amide bonds. The minimum atomic E-state index is 0.719. The molecule has 0 aliphatic heterocycles. The van der Waals surface area contributed by atoms with Crippen molar-refractivity contribution >= 4 is 33.4 Å². The lowest BCUT2D eigenvalue weighted by atomic mass is 10.1. The molecule has 3 aromatic carbocycles. The summed E-state index contributed by atoms with van der Waals surface area (Å²) in [5.74, 6) is 0.812. The van der Waals surface area contributed by atoms with Crippen LogP contribution in [0.1, 0.15) is 11.1 Å². The van der Waals surface area contributed by atoms with Gasteiger partial charge in [-0.15, -0.1) is 0 Å². The number of halogens is 1. The molecule has 0 saturated heterocycles. The molecule has 0 aliphatic carbocycles. The molecule has 30 heavy (non-hydrogen) atoms.